The Morgan fingerprint density at radius 1 is 1.00 bits per heavy atom. The van der Waals surface area contributed by atoms with Crippen LogP contribution in [0.1, 0.15) is 55.4 Å². The van der Waals surface area contributed by atoms with E-state index in [1.807, 2.05) is 33.0 Å². The molecule has 0 amide bonds. The molecular formula is C23H35GeN. The SMILES string of the molecule is [2H]C([2H])(c1cc(-c2cccc(C(C)(C)C)c2)nc[c]1[Ge]([CH3])([CH3])[CH3])C(C)(C)C. The van der Waals surface area contributed by atoms with E-state index < -0.39 is 25.1 Å². The molecule has 1 aromatic carbocycles. The zero-order valence-corrected chi connectivity index (χ0v) is 19.5. The van der Waals surface area contributed by atoms with E-state index in [0.717, 1.165) is 21.2 Å². The van der Waals surface area contributed by atoms with Crippen LogP contribution in [0.5, 0.6) is 0 Å². The van der Waals surface area contributed by atoms with Crippen molar-refractivity contribution >= 4 is 17.7 Å². The first-order valence-corrected chi connectivity index (χ1v) is 16.5. The van der Waals surface area contributed by atoms with Gasteiger partial charge < -0.3 is 0 Å². The van der Waals surface area contributed by atoms with Crippen molar-refractivity contribution < 1.29 is 2.74 Å². The van der Waals surface area contributed by atoms with Gasteiger partial charge in [-0.2, -0.15) is 0 Å². The molecule has 0 saturated carbocycles. The van der Waals surface area contributed by atoms with Crippen molar-refractivity contribution in [3.63, 3.8) is 0 Å². The molecule has 1 aromatic heterocycles. The van der Waals surface area contributed by atoms with Crippen LogP contribution in [0.3, 0.4) is 0 Å². The van der Waals surface area contributed by atoms with Crippen molar-refractivity contribution in [2.24, 2.45) is 5.41 Å². The van der Waals surface area contributed by atoms with E-state index >= 15 is 0 Å². The van der Waals surface area contributed by atoms with E-state index in [0.29, 0.717) is 0 Å². The molecular weight excluding hydrogens is 363 g/mol. The molecule has 0 N–H and O–H groups in total. The summed E-state index contributed by atoms with van der Waals surface area (Å²) < 4.78 is 19.0. The number of hydrogen-bond donors (Lipinski definition) is 0. The first-order chi connectivity index (χ1) is 12.0. The Morgan fingerprint density at radius 2 is 1.64 bits per heavy atom. The molecule has 0 aliphatic heterocycles. The van der Waals surface area contributed by atoms with Gasteiger partial charge in [0.05, 0.1) is 0 Å². The second-order valence-electron chi connectivity index (χ2n) is 10.1. The number of pyridine rings is 1. The molecule has 0 aliphatic rings. The summed E-state index contributed by atoms with van der Waals surface area (Å²) in [5.41, 5.74) is 3.59. The van der Waals surface area contributed by atoms with E-state index in [4.69, 9.17) is 7.73 Å². The molecule has 1 heterocycles. The average Bonchev–Trinajstić information content (AvgIpc) is 2.51. The molecule has 136 valence electrons. The summed E-state index contributed by atoms with van der Waals surface area (Å²) in [7, 11) is 0. The van der Waals surface area contributed by atoms with E-state index in [-0.39, 0.29) is 5.41 Å². The quantitative estimate of drug-likeness (QED) is 0.561. The summed E-state index contributed by atoms with van der Waals surface area (Å²) in [6.45, 7) is 12.6. The number of rotatable bonds is 3. The molecule has 0 saturated heterocycles. The molecule has 0 fully saturated rings. The van der Waals surface area contributed by atoms with Crippen molar-refractivity contribution in [1.82, 2.24) is 4.98 Å². The first-order valence-electron chi connectivity index (χ1n) is 10.2. The molecule has 0 aliphatic carbocycles. The number of aromatic nitrogens is 1. The first kappa shape index (κ1) is 17.3. The van der Waals surface area contributed by atoms with Crippen LogP contribution in [-0.4, -0.2) is 18.3 Å². The number of benzene rings is 1. The van der Waals surface area contributed by atoms with E-state index in [2.05, 4.69) is 62.3 Å². The summed E-state index contributed by atoms with van der Waals surface area (Å²) in [6.07, 6.45) is 0.540. The van der Waals surface area contributed by atoms with Gasteiger partial charge in [-0.15, -0.1) is 0 Å². The predicted octanol–water partition coefficient (Wildman–Crippen LogP) is 6.18. The Kier molecular flexibility index (Phi) is 4.79. The van der Waals surface area contributed by atoms with Gasteiger partial charge >= 0.3 is 160 Å². The summed E-state index contributed by atoms with van der Waals surface area (Å²) in [6, 6.07) is 10.5. The fourth-order valence-corrected chi connectivity index (χ4v) is 5.79. The standard InChI is InChI=1S/C23H35GeN/c1-22(2,3)15-18-14-21(25-16-20(18)24(7,8)9)17-11-10-12-19(13-17)23(4,5)6/h10-14,16H,15H2,1-9H3/i15D2. The topological polar surface area (TPSA) is 12.9 Å². The monoisotopic (exact) mass is 401 g/mol. The zero-order valence-electron chi connectivity index (χ0n) is 19.4. The third kappa shape index (κ3) is 5.44. The van der Waals surface area contributed by atoms with E-state index in [1.165, 1.54) is 5.56 Å². The Labute approximate surface area is 160 Å². The van der Waals surface area contributed by atoms with Crippen LogP contribution in [0.2, 0.25) is 17.3 Å². The maximum atomic E-state index is 8.91. The van der Waals surface area contributed by atoms with Gasteiger partial charge in [-0.05, 0) is 0 Å². The Bertz CT molecular complexity index is 821. The average molecular weight is 400 g/mol. The van der Waals surface area contributed by atoms with Crippen LogP contribution >= 0.6 is 0 Å². The second kappa shape index (κ2) is 6.91. The molecule has 0 radical (unpaired) electrons. The van der Waals surface area contributed by atoms with Crippen molar-refractivity contribution in [3.8, 4) is 11.3 Å². The maximum absolute atomic E-state index is 8.91. The molecule has 0 spiro atoms. The van der Waals surface area contributed by atoms with Crippen LogP contribution in [0.4, 0.5) is 0 Å². The van der Waals surface area contributed by atoms with Crippen molar-refractivity contribution in [2.75, 3.05) is 0 Å². The van der Waals surface area contributed by atoms with Gasteiger partial charge in [-0.3, -0.25) is 0 Å². The van der Waals surface area contributed by atoms with Crippen LogP contribution in [0, 0.1) is 5.41 Å². The number of nitrogens with zero attached hydrogens (tertiary/aromatic N) is 1. The summed E-state index contributed by atoms with van der Waals surface area (Å²) in [5, 5.41) is 0. The minimum atomic E-state index is -2.28. The molecule has 25 heavy (non-hydrogen) atoms. The molecule has 0 atom stereocenters. The third-order valence-corrected chi connectivity index (χ3v) is 8.47. The summed E-state index contributed by atoms with van der Waals surface area (Å²) in [5.74, 6) is 6.91. The van der Waals surface area contributed by atoms with Gasteiger partial charge in [0, 0.05) is 0 Å². The van der Waals surface area contributed by atoms with Crippen LogP contribution in [-0.2, 0) is 11.8 Å². The van der Waals surface area contributed by atoms with Crippen LogP contribution < -0.4 is 4.40 Å². The van der Waals surface area contributed by atoms with Crippen molar-refractivity contribution in [2.45, 2.75) is 70.6 Å². The molecule has 2 heteroatoms. The van der Waals surface area contributed by atoms with Crippen LogP contribution in [0.25, 0.3) is 11.3 Å². The zero-order chi connectivity index (χ0) is 20.8. The molecule has 2 aromatic rings. The fourth-order valence-electron chi connectivity index (χ4n) is 2.86. The Hall–Kier alpha value is -1.09. The van der Waals surface area contributed by atoms with Crippen molar-refractivity contribution in [3.05, 3.63) is 47.7 Å². The molecule has 1 nitrogen and oxygen atoms in total. The van der Waals surface area contributed by atoms with Crippen LogP contribution in [0.15, 0.2) is 36.5 Å². The fraction of sp³-hybridized carbons (Fsp3) is 0.522. The van der Waals surface area contributed by atoms with Crippen molar-refractivity contribution in [1.29, 1.82) is 0 Å². The van der Waals surface area contributed by atoms with Gasteiger partial charge in [-0.1, -0.05) is 0 Å². The van der Waals surface area contributed by atoms with Gasteiger partial charge in [0.1, 0.15) is 0 Å². The Morgan fingerprint density at radius 3 is 2.16 bits per heavy atom. The van der Waals surface area contributed by atoms with E-state index in [9.17, 15) is 0 Å². The van der Waals surface area contributed by atoms with Gasteiger partial charge in [0.25, 0.3) is 0 Å². The van der Waals surface area contributed by atoms with Gasteiger partial charge in [0.2, 0.25) is 0 Å². The molecule has 2 rings (SSSR count). The molecule has 0 bridgehead atoms. The molecule has 0 unspecified atom stereocenters. The number of hydrogen-bond acceptors (Lipinski definition) is 1. The minimum absolute atomic E-state index is 0.0690. The summed E-state index contributed by atoms with van der Waals surface area (Å²) >= 11 is -2.28. The van der Waals surface area contributed by atoms with E-state index in [1.54, 1.807) is 0 Å². The summed E-state index contributed by atoms with van der Waals surface area (Å²) in [4.78, 5) is 4.77. The normalized spacial score (nSPS) is 14.9. The Balaban J connectivity index is 2.71. The predicted molar refractivity (Wildman–Crippen MR) is 115 cm³/mol. The second-order valence-corrected chi connectivity index (χ2v) is 20.6. The van der Waals surface area contributed by atoms with Gasteiger partial charge in [-0.25, -0.2) is 0 Å². The third-order valence-electron chi connectivity index (χ3n) is 4.25. The van der Waals surface area contributed by atoms with Gasteiger partial charge in [0.15, 0.2) is 0 Å².